The summed E-state index contributed by atoms with van der Waals surface area (Å²) in [4.78, 5) is 37.8. The molecule has 3 N–H and O–H groups in total. The van der Waals surface area contributed by atoms with Crippen molar-refractivity contribution in [3.05, 3.63) is 77.9 Å². The quantitative estimate of drug-likeness (QED) is 0.333. The Kier molecular flexibility index (Phi) is 8.74. The van der Waals surface area contributed by atoms with Crippen LogP contribution in [0.1, 0.15) is 34.1 Å². The topological polar surface area (TPSA) is 114 Å². The van der Waals surface area contributed by atoms with Crippen molar-refractivity contribution < 1.29 is 29.0 Å². The molecule has 0 saturated carbocycles. The summed E-state index contributed by atoms with van der Waals surface area (Å²) in [5, 5.41) is 14.4. The van der Waals surface area contributed by atoms with Crippen LogP contribution in [-0.4, -0.2) is 42.4 Å². The van der Waals surface area contributed by atoms with Crippen molar-refractivity contribution in [2.75, 3.05) is 24.9 Å². The van der Waals surface area contributed by atoms with Crippen molar-refractivity contribution in [1.82, 2.24) is 0 Å². The number of ether oxygens (including phenoxy) is 2. The summed E-state index contributed by atoms with van der Waals surface area (Å²) in [6.07, 6.45) is 0.546. The zero-order chi connectivity index (χ0) is 25.4. The number of carbonyl (C=O) groups excluding carboxylic acids is 2. The normalized spacial score (nSPS) is 11.3. The van der Waals surface area contributed by atoms with Crippen molar-refractivity contribution in [2.24, 2.45) is 0 Å². The van der Waals surface area contributed by atoms with E-state index in [-0.39, 0.29) is 22.9 Å². The zero-order valence-corrected chi connectivity index (χ0v) is 20.3. The molecule has 0 aliphatic heterocycles. The third-order valence-electron chi connectivity index (χ3n) is 5.07. The zero-order valence-electron chi connectivity index (χ0n) is 19.5. The SMILES string of the molecule is CCC(Sc1cccc(NC(=O)c2c(OC)cccc2OC)c1)C(=O)Nc1cccc(C(=O)O)c1. The van der Waals surface area contributed by atoms with E-state index in [4.69, 9.17) is 14.6 Å². The number of amides is 2. The minimum atomic E-state index is -1.06. The number of benzene rings is 3. The molecule has 0 aliphatic carbocycles. The number of hydrogen-bond acceptors (Lipinski definition) is 6. The molecule has 35 heavy (non-hydrogen) atoms. The number of nitrogens with one attached hydrogen (secondary N) is 2. The van der Waals surface area contributed by atoms with Crippen molar-refractivity contribution in [2.45, 2.75) is 23.5 Å². The molecule has 9 heteroatoms. The predicted octanol–water partition coefficient (Wildman–Crippen LogP) is 5.16. The highest BCUT2D eigenvalue weighted by atomic mass is 32.2. The van der Waals surface area contributed by atoms with Gasteiger partial charge in [-0.2, -0.15) is 0 Å². The first-order valence-corrected chi connectivity index (χ1v) is 11.7. The standard InChI is InChI=1S/C26H26N2O6S/c1-4-22(24(29)27-17-9-5-8-16(14-17)26(31)32)35-19-11-6-10-18(15-19)28-25(30)23-20(33-2)12-7-13-21(23)34-3/h5-15,22H,4H2,1-3H3,(H,27,29)(H,28,30)(H,31,32). The minimum Gasteiger partial charge on any atom is -0.496 e. The fourth-order valence-electron chi connectivity index (χ4n) is 3.36. The molecule has 0 aromatic heterocycles. The van der Waals surface area contributed by atoms with Crippen LogP contribution in [-0.2, 0) is 4.79 Å². The number of carbonyl (C=O) groups is 3. The molecular formula is C26H26N2O6S. The fraction of sp³-hybridized carbons (Fsp3) is 0.192. The Balaban J connectivity index is 1.72. The third-order valence-corrected chi connectivity index (χ3v) is 6.42. The van der Waals surface area contributed by atoms with Crippen LogP contribution < -0.4 is 20.1 Å². The highest BCUT2D eigenvalue weighted by molar-refractivity contribution is 8.00. The largest absolute Gasteiger partial charge is 0.496 e. The second-order valence-electron chi connectivity index (χ2n) is 7.41. The van der Waals surface area contributed by atoms with E-state index in [1.807, 2.05) is 13.0 Å². The van der Waals surface area contributed by atoms with Crippen molar-refractivity contribution in [3.8, 4) is 11.5 Å². The van der Waals surface area contributed by atoms with Crippen LogP contribution in [0.2, 0.25) is 0 Å². The van der Waals surface area contributed by atoms with Gasteiger partial charge < -0.3 is 25.2 Å². The molecule has 3 aromatic rings. The van der Waals surface area contributed by atoms with Crippen LogP contribution in [0.4, 0.5) is 11.4 Å². The molecule has 0 saturated heterocycles. The first kappa shape index (κ1) is 25.6. The van der Waals surface area contributed by atoms with E-state index in [9.17, 15) is 14.4 Å². The van der Waals surface area contributed by atoms with Crippen LogP contribution in [0.5, 0.6) is 11.5 Å². The lowest BCUT2D eigenvalue weighted by Crippen LogP contribution is -2.24. The molecule has 0 bridgehead atoms. The molecular weight excluding hydrogens is 468 g/mol. The highest BCUT2D eigenvalue weighted by Gasteiger charge is 2.21. The minimum absolute atomic E-state index is 0.0959. The van der Waals surface area contributed by atoms with Gasteiger partial charge in [0.2, 0.25) is 5.91 Å². The monoisotopic (exact) mass is 494 g/mol. The number of carboxylic acids is 1. The van der Waals surface area contributed by atoms with Gasteiger partial charge in [0.05, 0.1) is 25.0 Å². The summed E-state index contributed by atoms with van der Waals surface area (Å²) >= 11 is 1.35. The third kappa shape index (κ3) is 6.54. The number of anilines is 2. The van der Waals surface area contributed by atoms with Gasteiger partial charge in [0, 0.05) is 16.3 Å². The maximum atomic E-state index is 13.0. The number of aromatic carboxylic acids is 1. The summed E-state index contributed by atoms with van der Waals surface area (Å²) in [5.74, 6) is -0.908. The van der Waals surface area contributed by atoms with E-state index >= 15 is 0 Å². The second-order valence-corrected chi connectivity index (χ2v) is 8.69. The molecule has 1 unspecified atom stereocenters. The Morgan fingerprint density at radius 2 is 1.49 bits per heavy atom. The molecule has 1 atom stereocenters. The van der Waals surface area contributed by atoms with Crippen LogP contribution in [0.15, 0.2) is 71.6 Å². The summed E-state index contributed by atoms with van der Waals surface area (Å²) in [6.45, 7) is 1.89. The Bertz CT molecular complexity index is 1210. The highest BCUT2D eigenvalue weighted by Crippen LogP contribution is 2.31. The average Bonchev–Trinajstić information content (AvgIpc) is 2.86. The number of methoxy groups -OCH3 is 2. The van der Waals surface area contributed by atoms with E-state index in [2.05, 4.69) is 10.6 Å². The number of carboxylic acid groups (broad SMARTS) is 1. The Labute approximate surface area is 207 Å². The van der Waals surface area contributed by atoms with Gasteiger partial charge in [-0.15, -0.1) is 11.8 Å². The summed E-state index contributed by atoms with van der Waals surface area (Å²) < 4.78 is 10.6. The summed E-state index contributed by atoms with van der Waals surface area (Å²) in [6, 6.07) is 18.4. The lowest BCUT2D eigenvalue weighted by atomic mass is 10.1. The van der Waals surface area contributed by atoms with Crippen molar-refractivity contribution >= 4 is 40.9 Å². The fourth-order valence-corrected chi connectivity index (χ4v) is 4.37. The molecule has 3 aromatic carbocycles. The second kappa shape index (κ2) is 11.9. The van der Waals surface area contributed by atoms with Crippen LogP contribution in [0.25, 0.3) is 0 Å². The van der Waals surface area contributed by atoms with Gasteiger partial charge in [0.15, 0.2) is 0 Å². The van der Waals surface area contributed by atoms with Gasteiger partial charge in [-0.1, -0.05) is 25.1 Å². The van der Waals surface area contributed by atoms with Gasteiger partial charge in [0.1, 0.15) is 17.1 Å². The Hall–Kier alpha value is -3.98. The summed E-state index contributed by atoms with van der Waals surface area (Å²) in [7, 11) is 2.97. The van der Waals surface area contributed by atoms with E-state index in [1.165, 1.54) is 38.1 Å². The van der Waals surface area contributed by atoms with E-state index < -0.39 is 11.2 Å². The molecule has 2 amide bonds. The molecule has 182 valence electrons. The molecule has 0 heterocycles. The lowest BCUT2D eigenvalue weighted by Gasteiger charge is -2.16. The van der Waals surface area contributed by atoms with Crippen molar-refractivity contribution in [1.29, 1.82) is 0 Å². The van der Waals surface area contributed by atoms with Gasteiger partial charge in [-0.25, -0.2) is 4.79 Å². The number of rotatable bonds is 10. The first-order valence-electron chi connectivity index (χ1n) is 10.8. The molecule has 3 rings (SSSR count). The predicted molar refractivity (Wildman–Crippen MR) is 136 cm³/mol. The van der Waals surface area contributed by atoms with Crippen LogP contribution in [0, 0.1) is 0 Å². The Morgan fingerprint density at radius 3 is 2.09 bits per heavy atom. The van der Waals surface area contributed by atoms with Crippen molar-refractivity contribution in [3.63, 3.8) is 0 Å². The Morgan fingerprint density at radius 1 is 0.886 bits per heavy atom. The molecule has 0 radical (unpaired) electrons. The maximum absolute atomic E-state index is 13.0. The number of thioether (sulfide) groups is 1. The summed E-state index contributed by atoms with van der Waals surface area (Å²) in [5.41, 5.74) is 1.35. The molecule has 0 spiro atoms. The van der Waals surface area contributed by atoms with Gasteiger partial charge in [0.25, 0.3) is 5.91 Å². The van der Waals surface area contributed by atoms with Gasteiger partial charge in [-0.3, -0.25) is 9.59 Å². The number of hydrogen-bond donors (Lipinski definition) is 3. The van der Waals surface area contributed by atoms with Gasteiger partial charge in [-0.05, 0) is 55.0 Å². The van der Waals surface area contributed by atoms with E-state index in [0.29, 0.717) is 29.3 Å². The lowest BCUT2D eigenvalue weighted by molar-refractivity contribution is -0.115. The van der Waals surface area contributed by atoms with Gasteiger partial charge >= 0.3 is 5.97 Å². The molecule has 0 fully saturated rings. The smallest absolute Gasteiger partial charge is 0.335 e. The van der Waals surface area contributed by atoms with E-state index in [0.717, 1.165) is 4.90 Å². The average molecular weight is 495 g/mol. The first-order chi connectivity index (χ1) is 16.9. The molecule has 8 nitrogen and oxygen atoms in total. The van der Waals surface area contributed by atoms with Crippen LogP contribution in [0.3, 0.4) is 0 Å². The van der Waals surface area contributed by atoms with Crippen LogP contribution >= 0.6 is 11.8 Å². The van der Waals surface area contributed by atoms with E-state index in [1.54, 1.807) is 48.5 Å². The molecule has 0 aliphatic rings. The maximum Gasteiger partial charge on any atom is 0.335 e.